The van der Waals surface area contributed by atoms with Gasteiger partial charge in [-0.2, -0.15) is 8.78 Å². The molecule has 0 radical (unpaired) electrons. The molecule has 2 heterocycles. The number of likely N-dealkylation sites (tertiary alicyclic amines) is 1. The van der Waals surface area contributed by atoms with Crippen molar-refractivity contribution >= 4 is 17.2 Å². The van der Waals surface area contributed by atoms with Crippen LogP contribution in [0, 0.1) is 6.92 Å². The Hall–Kier alpha value is -1.25. The maximum atomic E-state index is 12.4. The molecule has 1 amide bonds. The normalized spacial score (nSPS) is 19.1. The molecule has 0 bridgehead atoms. The van der Waals surface area contributed by atoms with E-state index in [4.69, 9.17) is 4.74 Å². The molecule has 1 aromatic rings. The first-order valence-corrected chi connectivity index (χ1v) is 8.38. The van der Waals surface area contributed by atoms with Crippen molar-refractivity contribution in [2.24, 2.45) is 0 Å². The van der Waals surface area contributed by atoms with Crippen molar-refractivity contribution in [3.8, 4) is 5.75 Å². The molecule has 1 N–H and O–H groups in total. The average molecular weight is 348 g/mol. The molecule has 8 heteroatoms. The van der Waals surface area contributed by atoms with Gasteiger partial charge in [0.05, 0.1) is 6.61 Å². The maximum Gasteiger partial charge on any atom is 0.387 e. The number of carbonyl (C=O) groups excluding carboxylic acids is 1. The number of ether oxygens (including phenoxy) is 2. The molecule has 1 aliphatic rings. The van der Waals surface area contributed by atoms with Crippen LogP contribution in [0.2, 0.25) is 0 Å². The molecule has 1 atom stereocenters. The van der Waals surface area contributed by atoms with E-state index in [1.165, 1.54) is 6.07 Å². The number of halogens is 2. The number of alkyl halides is 2. The van der Waals surface area contributed by atoms with Gasteiger partial charge < -0.3 is 14.8 Å². The molecule has 0 aromatic carbocycles. The second kappa shape index (κ2) is 8.56. The second-order valence-electron chi connectivity index (χ2n) is 5.53. The largest absolute Gasteiger partial charge is 0.433 e. The van der Waals surface area contributed by atoms with Crippen molar-refractivity contribution in [1.29, 1.82) is 0 Å². The van der Waals surface area contributed by atoms with Gasteiger partial charge in [-0.25, -0.2) is 0 Å². The molecule has 5 nitrogen and oxygen atoms in total. The van der Waals surface area contributed by atoms with Gasteiger partial charge in [0.25, 0.3) is 5.91 Å². The predicted molar refractivity (Wildman–Crippen MR) is 84.5 cm³/mol. The van der Waals surface area contributed by atoms with Crippen LogP contribution in [0.4, 0.5) is 8.78 Å². The number of thiophene rings is 1. The molecule has 1 fully saturated rings. The van der Waals surface area contributed by atoms with Gasteiger partial charge in [-0.15, -0.1) is 11.3 Å². The minimum absolute atomic E-state index is 0.00918. The lowest BCUT2D eigenvalue weighted by Crippen LogP contribution is -2.48. The zero-order valence-electron chi connectivity index (χ0n) is 13.3. The first-order chi connectivity index (χ1) is 11.0. The minimum Gasteiger partial charge on any atom is -0.433 e. The fourth-order valence-electron chi connectivity index (χ4n) is 2.68. The third-order valence-electron chi connectivity index (χ3n) is 3.70. The third kappa shape index (κ3) is 5.40. The number of nitrogens with zero attached hydrogens (tertiary/aromatic N) is 1. The van der Waals surface area contributed by atoms with Gasteiger partial charge in [-0.3, -0.25) is 9.69 Å². The lowest BCUT2D eigenvalue weighted by atomic mass is 10.1. The van der Waals surface area contributed by atoms with E-state index in [0.717, 1.165) is 48.7 Å². The fraction of sp³-hybridized carbons (Fsp3) is 0.667. The quantitative estimate of drug-likeness (QED) is 0.823. The summed E-state index contributed by atoms with van der Waals surface area (Å²) in [5.41, 5.74) is 0. The number of aryl methyl sites for hydroxylation is 1. The van der Waals surface area contributed by atoms with Gasteiger partial charge in [0.1, 0.15) is 10.6 Å². The Morgan fingerprint density at radius 2 is 2.35 bits per heavy atom. The Morgan fingerprint density at radius 3 is 3.04 bits per heavy atom. The molecule has 0 spiro atoms. The summed E-state index contributed by atoms with van der Waals surface area (Å²) in [6, 6.07) is 1.48. The van der Waals surface area contributed by atoms with Crippen LogP contribution in [0.5, 0.6) is 5.75 Å². The molecule has 0 aliphatic carbocycles. The van der Waals surface area contributed by atoms with Crippen LogP contribution in [-0.2, 0) is 4.74 Å². The summed E-state index contributed by atoms with van der Waals surface area (Å²) in [6.45, 7) is 2.01. The Bertz CT molecular complexity index is 525. The number of hydrogen-bond donors (Lipinski definition) is 1. The van der Waals surface area contributed by atoms with Crippen molar-refractivity contribution < 1.29 is 23.0 Å². The van der Waals surface area contributed by atoms with E-state index in [0.29, 0.717) is 6.61 Å². The van der Waals surface area contributed by atoms with Gasteiger partial charge >= 0.3 is 6.61 Å². The van der Waals surface area contributed by atoms with Crippen molar-refractivity contribution in [1.82, 2.24) is 10.2 Å². The lowest BCUT2D eigenvalue weighted by molar-refractivity contribution is -0.0498. The average Bonchev–Trinajstić information content (AvgIpc) is 2.85. The summed E-state index contributed by atoms with van der Waals surface area (Å²) in [5.74, 6) is -0.399. The van der Waals surface area contributed by atoms with E-state index in [1.807, 2.05) is 0 Å². The van der Waals surface area contributed by atoms with Crippen molar-refractivity contribution in [2.45, 2.75) is 32.4 Å². The molecule has 0 unspecified atom stereocenters. The number of rotatable bonds is 7. The topological polar surface area (TPSA) is 50.8 Å². The van der Waals surface area contributed by atoms with Crippen LogP contribution in [-0.4, -0.2) is 56.8 Å². The predicted octanol–water partition coefficient (Wildman–Crippen LogP) is 2.50. The first kappa shape index (κ1) is 18.1. The number of nitrogens with one attached hydrogen (secondary N) is 1. The van der Waals surface area contributed by atoms with E-state index >= 15 is 0 Å². The van der Waals surface area contributed by atoms with Gasteiger partial charge in [0.15, 0.2) is 0 Å². The molecule has 1 saturated heterocycles. The van der Waals surface area contributed by atoms with Gasteiger partial charge in [0, 0.05) is 31.1 Å². The third-order valence-corrected chi connectivity index (χ3v) is 4.73. The molecule has 23 heavy (non-hydrogen) atoms. The number of methoxy groups -OCH3 is 1. The smallest absolute Gasteiger partial charge is 0.387 e. The van der Waals surface area contributed by atoms with Crippen molar-refractivity contribution in [3.63, 3.8) is 0 Å². The summed E-state index contributed by atoms with van der Waals surface area (Å²) in [4.78, 5) is 15.6. The Balaban J connectivity index is 1.96. The monoisotopic (exact) mass is 348 g/mol. The molecular weight excluding hydrogens is 326 g/mol. The summed E-state index contributed by atoms with van der Waals surface area (Å²) >= 11 is 1.16. The zero-order chi connectivity index (χ0) is 16.8. The highest BCUT2D eigenvalue weighted by Gasteiger charge is 2.25. The minimum atomic E-state index is -2.94. The molecule has 1 aromatic heterocycles. The van der Waals surface area contributed by atoms with Gasteiger partial charge in [-0.1, -0.05) is 0 Å². The van der Waals surface area contributed by atoms with Crippen LogP contribution >= 0.6 is 11.3 Å². The van der Waals surface area contributed by atoms with Crippen molar-refractivity contribution in [2.75, 3.05) is 33.4 Å². The summed E-state index contributed by atoms with van der Waals surface area (Å²) in [6.07, 6.45) is 1.86. The standard InChI is InChI=1S/C15H22F2N2O3S/c1-10-8-12(22-15(16)17)13(23-10)14(20)18-11-4-3-5-19(9-11)6-7-21-2/h8,11,15H,3-7,9H2,1-2H3,(H,18,20)/t11-/m0/s1. The zero-order valence-corrected chi connectivity index (χ0v) is 14.1. The number of hydrogen-bond acceptors (Lipinski definition) is 5. The van der Waals surface area contributed by atoms with Crippen LogP contribution in [0.15, 0.2) is 6.07 Å². The lowest BCUT2D eigenvalue weighted by Gasteiger charge is -2.32. The second-order valence-corrected chi connectivity index (χ2v) is 6.79. The number of piperidine rings is 1. The first-order valence-electron chi connectivity index (χ1n) is 7.57. The van der Waals surface area contributed by atoms with E-state index in [2.05, 4.69) is 15.0 Å². The highest BCUT2D eigenvalue weighted by molar-refractivity contribution is 7.14. The summed E-state index contributed by atoms with van der Waals surface area (Å²) in [5, 5.41) is 2.93. The summed E-state index contributed by atoms with van der Waals surface area (Å²) in [7, 11) is 1.66. The molecule has 130 valence electrons. The molecular formula is C15H22F2N2O3S. The van der Waals surface area contributed by atoms with E-state index in [-0.39, 0.29) is 22.6 Å². The Morgan fingerprint density at radius 1 is 1.57 bits per heavy atom. The highest BCUT2D eigenvalue weighted by atomic mass is 32.1. The van der Waals surface area contributed by atoms with Gasteiger partial charge in [-0.05, 0) is 32.4 Å². The van der Waals surface area contributed by atoms with Gasteiger partial charge in [0.2, 0.25) is 0 Å². The maximum absolute atomic E-state index is 12.4. The van der Waals surface area contributed by atoms with E-state index in [9.17, 15) is 13.6 Å². The van der Waals surface area contributed by atoms with Crippen molar-refractivity contribution in [3.05, 3.63) is 15.8 Å². The SMILES string of the molecule is COCCN1CCC[C@H](NC(=O)c2sc(C)cc2OC(F)F)C1. The van der Waals surface area contributed by atoms with E-state index < -0.39 is 6.61 Å². The van der Waals surface area contributed by atoms with Crippen LogP contribution < -0.4 is 10.1 Å². The molecule has 2 rings (SSSR count). The van der Waals surface area contributed by atoms with E-state index in [1.54, 1.807) is 14.0 Å². The van der Waals surface area contributed by atoms with Crippen LogP contribution in [0.1, 0.15) is 27.4 Å². The molecule has 1 aliphatic heterocycles. The highest BCUT2D eigenvalue weighted by Crippen LogP contribution is 2.30. The number of amides is 1. The van der Waals surface area contributed by atoms with Crippen LogP contribution in [0.3, 0.4) is 0 Å². The number of carbonyl (C=O) groups is 1. The summed E-state index contributed by atoms with van der Waals surface area (Å²) < 4.78 is 34.4. The fourth-order valence-corrected chi connectivity index (χ4v) is 3.53. The van der Waals surface area contributed by atoms with Crippen LogP contribution in [0.25, 0.3) is 0 Å². The Kier molecular flexibility index (Phi) is 6.73. The molecule has 0 saturated carbocycles. The Labute approximate surface area is 138 Å².